The highest BCUT2D eigenvalue weighted by Crippen LogP contribution is 2.23. The molecular weight excluding hydrogens is 236 g/mol. The van der Waals surface area contributed by atoms with Gasteiger partial charge in [-0.2, -0.15) is 11.8 Å². The highest BCUT2D eigenvalue weighted by atomic mass is 32.2. The van der Waals surface area contributed by atoms with Crippen molar-refractivity contribution < 1.29 is 9.59 Å². The van der Waals surface area contributed by atoms with Gasteiger partial charge in [0.05, 0.1) is 5.75 Å². The van der Waals surface area contributed by atoms with Crippen LogP contribution in [0.3, 0.4) is 0 Å². The van der Waals surface area contributed by atoms with E-state index in [1.165, 1.54) is 31.0 Å². The third kappa shape index (κ3) is 5.96. The summed E-state index contributed by atoms with van der Waals surface area (Å²) in [6, 6.07) is 0.345. The van der Waals surface area contributed by atoms with E-state index >= 15 is 0 Å². The van der Waals surface area contributed by atoms with Gasteiger partial charge < -0.3 is 11.1 Å². The zero-order valence-corrected chi connectivity index (χ0v) is 11.2. The van der Waals surface area contributed by atoms with Gasteiger partial charge in [-0.1, -0.05) is 19.8 Å². The minimum atomic E-state index is -0.323. The summed E-state index contributed by atoms with van der Waals surface area (Å²) in [5.74, 6) is 1.33. The minimum absolute atomic E-state index is 0.0979. The smallest absolute Gasteiger partial charge is 0.227 e. The van der Waals surface area contributed by atoms with Gasteiger partial charge >= 0.3 is 0 Å². The van der Waals surface area contributed by atoms with Crippen LogP contribution in [-0.4, -0.2) is 29.4 Å². The molecule has 3 N–H and O–H groups in total. The topological polar surface area (TPSA) is 72.2 Å². The number of primary amides is 1. The predicted octanol–water partition coefficient (Wildman–Crippen LogP) is 1.29. The average molecular weight is 258 g/mol. The Kier molecular flexibility index (Phi) is 6.40. The molecule has 0 aromatic carbocycles. The molecule has 2 amide bonds. The van der Waals surface area contributed by atoms with Crippen molar-refractivity contribution in [1.82, 2.24) is 5.32 Å². The maximum absolute atomic E-state index is 11.7. The van der Waals surface area contributed by atoms with E-state index in [0.717, 1.165) is 6.42 Å². The van der Waals surface area contributed by atoms with Crippen molar-refractivity contribution in [2.24, 2.45) is 11.7 Å². The van der Waals surface area contributed by atoms with Gasteiger partial charge in [-0.05, 0) is 18.8 Å². The second-order valence-electron chi connectivity index (χ2n) is 4.70. The molecule has 0 saturated heterocycles. The molecule has 0 unspecified atom stereocenters. The highest BCUT2D eigenvalue weighted by molar-refractivity contribution is 7.99. The van der Waals surface area contributed by atoms with Crippen molar-refractivity contribution in [2.75, 3.05) is 11.5 Å². The predicted molar refractivity (Wildman–Crippen MR) is 70.7 cm³/mol. The Bertz CT molecular complexity index is 271. The molecule has 0 radical (unpaired) electrons. The van der Waals surface area contributed by atoms with E-state index in [1.807, 2.05) is 0 Å². The van der Waals surface area contributed by atoms with Crippen LogP contribution in [0.2, 0.25) is 0 Å². The Morgan fingerprint density at radius 2 is 2.06 bits per heavy atom. The summed E-state index contributed by atoms with van der Waals surface area (Å²) in [4.78, 5) is 22.2. The van der Waals surface area contributed by atoms with Gasteiger partial charge in [-0.25, -0.2) is 0 Å². The van der Waals surface area contributed by atoms with Crippen LogP contribution in [0.1, 0.15) is 39.0 Å². The first-order valence-corrected chi connectivity index (χ1v) is 7.40. The van der Waals surface area contributed by atoms with Crippen LogP contribution in [0.25, 0.3) is 0 Å². The molecule has 0 heterocycles. The molecular formula is C12H22N2O2S. The normalized spacial score (nSPS) is 24.3. The Balaban J connectivity index is 2.13. The van der Waals surface area contributed by atoms with Gasteiger partial charge in [0, 0.05) is 18.2 Å². The summed E-state index contributed by atoms with van der Waals surface area (Å²) >= 11 is 1.42. The molecule has 0 aromatic rings. The highest BCUT2D eigenvalue weighted by Gasteiger charge is 2.22. The number of amides is 2. The standard InChI is InChI=1S/C12H22N2O2S/c1-9-4-2-3-5-10(9)14-12(16)6-7-17-8-11(13)15/h9-10H,2-8H2,1H3,(H2,13,15)(H,14,16)/t9-,10-/m1/s1. The van der Waals surface area contributed by atoms with Gasteiger partial charge in [0.15, 0.2) is 0 Å². The maximum Gasteiger partial charge on any atom is 0.227 e. The Morgan fingerprint density at radius 3 is 2.71 bits per heavy atom. The van der Waals surface area contributed by atoms with E-state index < -0.39 is 0 Å². The number of thioether (sulfide) groups is 1. The number of hydrogen-bond donors (Lipinski definition) is 2. The summed E-state index contributed by atoms with van der Waals surface area (Å²) in [7, 11) is 0. The molecule has 4 nitrogen and oxygen atoms in total. The van der Waals surface area contributed by atoms with Crippen molar-refractivity contribution in [3.63, 3.8) is 0 Å². The molecule has 0 aliphatic heterocycles. The lowest BCUT2D eigenvalue weighted by Gasteiger charge is -2.29. The fourth-order valence-corrected chi connectivity index (χ4v) is 2.82. The Hall–Kier alpha value is -0.710. The van der Waals surface area contributed by atoms with Crippen molar-refractivity contribution in [2.45, 2.75) is 45.1 Å². The monoisotopic (exact) mass is 258 g/mol. The molecule has 5 heteroatoms. The summed E-state index contributed by atoms with van der Waals surface area (Å²) in [6.45, 7) is 2.20. The molecule has 1 fully saturated rings. The minimum Gasteiger partial charge on any atom is -0.369 e. The number of carbonyl (C=O) groups is 2. The molecule has 1 rings (SSSR count). The van der Waals surface area contributed by atoms with E-state index in [0.29, 0.717) is 29.9 Å². The van der Waals surface area contributed by atoms with Crippen molar-refractivity contribution in [3.05, 3.63) is 0 Å². The first-order valence-electron chi connectivity index (χ1n) is 6.25. The van der Waals surface area contributed by atoms with E-state index in [-0.39, 0.29) is 11.8 Å². The van der Waals surface area contributed by atoms with Crippen LogP contribution in [-0.2, 0) is 9.59 Å². The SMILES string of the molecule is C[C@@H]1CCCC[C@H]1NC(=O)CCSCC(N)=O. The number of nitrogens with one attached hydrogen (secondary N) is 1. The molecule has 0 aromatic heterocycles. The molecule has 0 spiro atoms. The van der Waals surface area contributed by atoms with Crippen molar-refractivity contribution in [1.29, 1.82) is 0 Å². The fraction of sp³-hybridized carbons (Fsp3) is 0.833. The zero-order chi connectivity index (χ0) is 12.7. The third-order valence-electron chi connectivity index (χ3n) is 3.18. The molecule has 1 aliphatic carbocycles. The fourth-order valence-electron chi connectivity index (χ4n) is 2.15. The second kappa shape index (κ2) is 7.58. The molecule has 0 bridgehead atoms. The summed E-state index contributed by atoms with van der Waals surface area (Å²) in [5, 5.41) is 3.09. The van der Waals surface area contributed by atoms with Crippen LogP contribution in [0.5, 0.6) is 0 Å². The van der Waals surface area contributed by atoms with Gasteiger partial charge in [0.25, 0.3) is 0 Å². The first kappa shape index (κ1) is 14.4. The summed E-state index contributed by atoms with van der Waals surface area (Å²) in [6.07, 6.45) is 5.28. The Labute approximate surface area is 107 Å². The van der Waals surface area contributed by atoms with E-state index in [9.17, 15) is 9.59 Å². The summed E-state index contributed by atoms with van der Waals surface area (Å²) < 4.78 is 0. The number of carbonyl (C=O) groups excluding carboxylic acids is 2. The van der Waals surface area contributed by atoms with E-state index in [4.69, 9.17) is 5.73 Å². The number of nitrogens with two attached hydrogens (primary N) is 1. The molecule has 2 atom stereocenters. The zero-order valence-electron chi connectivity index (χ0n) is 10.4. The van der Waals surface area contributed by atoms with Crippen LogP contribution in [0, 0.1) is 5.92 Å². The molecule has 1 saturated carbocycles. The van der Waals surface area contributed by atoms with E-state index in [2.05, 4.69) is 12.2 Å². The molecule has 98 valence electrons. The average Bonchev–Trinajstić information content (AvgIpc) is 2.27. The van der Waals surface area contributed by atoms with Crippen LogP contribution < -0.4 is 11.1 Å². The quantitative estimate of drug-likeness (QED) is 0.705. The van der Waals surface area contributed by atoms with Crippen LogP contribution >= 0.6 is 11.8 Å². The Morgan fingerprint density at radius 1 is 1.35 bits per heavy atom. The summed E-state index contributed by atoms with van der Waals surface area (Å²) in [5.41, 5.74) is 5.02. The van der Waals surface area contributed by atoms with Crippen molar-refractivity contribution in [3.8, 4) is 0 Å². The largest absolute Gasteiger partial charge is 0.369 e. The van der Waals surface area contributed by atoms with Gasteiger partial charge in [-0.15, -0.1) is 0 Å². The van der Waals surface area contributed by atoms with Gasteiger partial charge in [0.2, 0.25) is 11.8 Å². The lowest BCUT2D eigenvalue weighted by Crippen LogP contribution is -2.41. The maximum atomic E-state index is 11.7. The molecule has 1 aliphatic rings. The van der Waals surface area contributed by atoms with Crippen LogP contribution in [0.4, 0.5) is 0 Å². The molecule has 17 heavy (non-hydrogen) atoms. The van der Waals surface area contributed by atoms with Gasteiger partial charge in [-0.3, -0.25) is 9.59 Å². The van der Waals surface area contributed by atoms with E-state index in [1.54, 1.807) is 0 Å². The third-order valence-corrected chi connectivity index (χ3v) is 4.16. The second-order valence-corrected chi connectivity index (χ2v) is 5.81. The van der Waals surface area contributed by atoms with Gasteiger partial charge in [0.1, 0.15) is 0 Å². The first-order chi connectivity index (χ1) is 8.09. The lowest BCUT2D eigenvalue weighted by atomic mass is 9.86. The number of hydrogen-bond acceptors (Lipinski definition) is 3. The number of rotatable bonds is 6. The van der Waals surface area contributed by atoms with Crippen molar-refractivity contribution >= 4 is 23.6 Å². The lowest BCUT2D eigenvalue weighted by molar-refractivity contribution is -0.122. The van der Waals surface area contributed by atoms with Crippen LogP contribution in [0.15, 0.2) is 0 Å².